The molecule has 3 rings (SSSR count). The molecule has 0 bridgehead atoms. The summed E-state index contributed by atoms with van der Waals surface area (Å²) in [5.74, 6) is -0.375. The maximum Gasteiger partial charge on any atom is 0.306 e. The summed E-state index contributed by atoms with van der Waals surface area (Å²) in [6.45, 7) is 6.83. The molecule has 1 N–H and O–H groups in total. The second-order valence-electron chi connectivity index (χ2n) is 8.35. The Labute approximate surface area is 168 Å². The molecule has 4 nitrogen and oxygen atoms in total. The third-order valence-electron chi connectivity index (χ3n) is 5.54. The first kappa shape index (κ1) is 20.6. The minimum Gasteiger partial charge on any atom is -0.463 e. The van der Waals surface area contributed by atoms with Crippen LogP contribution in [0.25, 0.3) is 0 Å². The molecule has 0 spiro atoms. The fraction of sp³-hybridized carbons (Fsp3) is 0.458. The monoisotopic (exact) mass is 381 g/mol. The smallest absolute Gasteiger partial charge is 0.306 e. The molecule has 0 saturated carbocycles. The lowest BCUT2D eigenvalue weighted by molar-refractivity contribution is -0.155. The van der Waals surface area contributed by atoms with Crippen molar-refractivity contribution in [3.63, 3.8) is 0 Å². The SMILES string of the molecule is CC(C)OC(=O)CC1CC(c2ccccc2)N(Cc2ccccc2)CC1(C)O. The molecule has 1 aliphatic heterocycles. The van der Waals surface area contributed by atoms with E-state index in [4.69, 9.17) is 4.74 Å². The van der Waals surface area contributed by atoms with Crippen molar-refractivity contribution in [2.75, 3.05) is 6.54 Å². The van der Waals surface area contributed by atoms with Crippen LogP contribution in [-0.4, -0.2) is 34.2 Å². The highest BCUT2D eigenvalue weighted by Crippen LogP contribution is 2.41. The molecule has 0 amide bonds. The maximum atomic E-state index is 12.3. The van der Waals surface area contributed by atoms with Gasteiger partial charge in [0.2, 0.25) is 0 Å². The number of benzene rings is 2. The van der Waals surface area contributed by atoms with Crippen molar-refractivity contribution in [2.45, 2.75) is 57.9 Å². The molecule has 3 atom stereocenters. The van der Waals surface area contributed by atoms with Crippen molar-refractivity contribution in [2.24, 2.45) is 5.92 Å². The zero-order chi connectivity index (χ0) is 20.1. The van der Waals surface area contributed by atoms with E-state index in [-0.39, 0.29) is 30.5 Å². The van der Waals surface area contributed by atoms with Gasteiger partial charge < -0.3 is 9.84 Å². The Morgan fingerprint density at radius 2 is 1.75 bits per heavy atom. The van der Waals surface area contributed by atoms with E-state index in [1.165, 1.54) is 11.1 Å². The topological polar surface area (TPSA) is 49.8 Å². The van der Waals surface area contributed by atoms with Crippen LogP contribution < -0.4 is 0 Å². The Morgan fingerprint density at radius 1 is 1.14 bits per heavy atom. The highest BCUT2D eigenvalue weighted by Gasteiger charge is 2.44. The van der Waals surface area contributed by atoms with Gasteiger partial charge in [-0.05, 0) is 38.3 Å². The molecule has 1 saturated heterocycles. The molecule has 150 valence electrons. The van der Waals surface area contributed by atoms with E-state index in [1.807, 2.05) is 57.2 Å². The van der Waals surface area contributed by atoms with Crippen LogP contribution in [-0.2, 0) is 16.1 Å². The number of β-amino-alcohol motifs (C(OH)–C–C–N with tert-alkyl or cyclic N) is 1. The van der Waals surface area contributed by atoms with Gasteiger partial charge in [0.05, 0.1) is 18.1 Å². The van der Waals surface area contributed by atoms with E-state index >= 15 is 0 Å². The minimum atomic E-state index is -0.948. The molecule has 1 heterocycles. The second-order valence-corrected chi connectivity index (χ2v) is 8.35. The van der Waals surface area contributed by atoms with Crippen LogP contribution in [0.1, 0.15) is 50.8 Å². The predicted octanol–water partition coefficient (Wildman–Crippen LogP) is 4.34. The molecular formula is C24H31NO3. The number of carbonyl (C=O) groups is 1. The van der Waals surface area contributed by atoms with Crippen molar-refractivity contribution in [1.82, 2.24) is 4.90 Å². The standard InChI is InChI=1S/C24H31NO3/c1-18(2)28-23(26)15-21-14-22(20-12-8-5-9-13-20)25(17-24(21,3)27)16-19-10-6-4-7-11-19/h4-13,18,21-22,27H,14-17H2,1-3H3. The number of nitrogens with zero attached hydrogens (tertiary/aromatic N) is 1. The fourth-order valence-corrected chi connectivity index (χ4v) is 4.14. The van der Waals surface area contributed by atoms with Crippen molar-refractivity contribution in [1.29, 1.82) is 0 Å². The summed E-state index contributed by atoms with van der Waals surface area (Å²) in [4.78, 5) is 14.6. The zero-order valence-electron chi connectivity index (χ0n) is 17.0. The van der Waals surface area contributed by atoms with Gasteiger partial charge in [-0.15, -0.1) is 0 Å². The van der Waals surface area contributed by atoms with E-state index in [9.17, 15) is 9.90 Å². The zero-order valence-corrected chi connectivity index (χ0v) is 17.0. The van der Waals surface area contributed by atoms with Crippen LogP contribution >= 0.6 is 0 Å². The second kappa shape index (κ2) is 8.89. The quantitative estimate of drug-likeness (QED) is 0.756. The molecule has 2 aromatic carbocycles. The van der Waals surface area contributed by atoms with Crippen molar-refractivity contribution in [3.8, 4) is 0 Å². The average molecular weight is 382 g/mol. The van der Waals surface area contributed by atoms with Gasteiger partial charge in [0.1, 0.15) is 0 Å². The summed E-state index contributed by atoms with van der Waals surface area (Å²) >= 11 is 0. The van der Waals surface area contributed by atoms with E-state index in [0.29, 0.717) is 6.54 Å². The number of aliphatic hydroxyl groups is 1. The van der Waals surface area contributed by atoms with Gasteiger partial charge >= 0.3 is 5.97 Å². The highest BCUT2D eigenvalue weighted by molar-refractivity contribution is 5.70. The van der Waals surface area contributed by atoms with E-state index in [2.05, 4.69) is 29.2 Å². The van der Waals surface area contributed by atoms with Crippen molar-refractivity contribution < 1.29 is 14.6 Å². The van der Waals surface area contributed by atoms with Crippen LogP contribution in [0.4, 0.5) is 0 Å². The van der Waals surface area contributed by atoms with Crippen LogP contribution in [0.2, 0.25) is 0 Å². The Morgan fingerprint density at radius 3 is 2.36 bits per heavy atom. The van der Waals surface area contributed by atoms with Gasteiger partial charge in [0, 0.05) is 25.0 Å². The third kappa shape index (κ3) is 5.21. The van der Waals surface area contributed by atoms with E-state index < -0.39 is 5.60 Å². The number of ether oxygens (including phenoxy) is 1. The lowest BCUT2D eigenvalue weighted by Gasteiger charge is -2.47. The minimum absolute atomic E-state index is 0.138. The predicted molar refractivity (Wildman–Crippen MR) is 111 cm³/mol. The largest absolute Gasteiger partial charge is 0.463 e. The number of piperidine rings is 1. The Bertz CT molecular complexity index is 758. The van der Waals surface area contributed by atoms with Gasteiger partial charge in [-0.1, -0.05) is 60.7 Å². The third-order valence-corrected chi connectivity index (χ3v) is 5.54. The van der Waals surface area contributed by atoms with Gasteiger partial charge in [0.15, 0.2) is 0 Å². The first-order valence-electron chi connectivity index (χ1n) is 10.1. The first-order chi connectivity index (χ1) is 13.3. The summed E-state index contributed by atoms with van der Waals surface area (Å²) in [7, 11) is 0. The van der Waals surface area contributed by atoms with Crippen LogP contribution in [0.15, 0.2) is 60.7 Å². The Kier molecular flexibility index (Phi) is 6.53. The van der Waals surface area contributed by atoms with E-state index in [1.54, 1.807) is 0 Å². The maximum absolute atomic E-state index is 12.3. The van der Waals surface area contributed by atoms with Crippen molar-refractivity contribution in [3.05, 3.63) is 71.8 Å². The summed E-state index contributed by atoms with van der Waals surface area (Å²) in [5, 5.41) is 11.2. The molecule has 3 unspecified atom stereocenters. The molecule has 2 aromatic rings. The van der Waals surface area contributed by atoms with Crippen LogP contribution in [0.3, 0.4) is 0 Å². The molecule has 0 radical (unpaired) electrons. The molecular weight excluding hydrogens is 350 g/mol. The Hall–Kier alpha value is -2.17. The van der Waals surface area contributed by atoms with E-state index in [0.717, 1.165) is 13.0 Å². The number of carbonyl (C=O) groups excluding carboxylic acids is 1. The number of hydrogen-bond acceptors (Lipinski definition) is 4. The molecule has 1 aliphatic rings. The molecule has 0 aliphatic carbocycles. The first-order valence-corrected chi connectivity index (χ1v) is 10.1. The molecule has 28 heavy (non-hydrogen) atoms. The van der Waals surface area contributed by atoms with Gasteiger partial charge in [-0.25, -0.2) is 0 Å². The van der Waals surface area contributed by atoms with Gasteiger partial charge in [-0.2, -0.15) is 0 Å². The lowest BCUT2D eigenvalue weighted by Crippen LogP contribution is -2.53. The van der Waals surface area contributed by atoms with Crippen LogP contribution in [0.5, 0.6) is 0 Å². The number of rotatable bonds is 6. The summed E-state index contributed by atoms with van der Waals surface area (Å²) in [6.07, 6.45) is 0.825. The summed E-state index contributed by atoms with van der Waals surface area (Å²) in [5.41, 5.74) is 1.49. The normalized spacial score (nSPS) is 25.6. The number of hydrogen-bond donors (Lipinski definition) is 1. The van der Waals surface area contributed by atoms with Gasteiger partial charge in [0.25, 0.3) is 0 Å². The molecule has 4 heteroatoms. The summed E-state index contributed by atoms with van der Waals surface area (Å²) in [6, 6.07) is 20.8. The van der Waals surface area contributed by atoms with Crippen molar-refractivity contribution >= 4 is 5.97 Å². The highest BCUT2D eigenvalue weighted by atomic mass is 16.5. The fourth-order valence-electron chi connectivity index (χ4n) is 4.14. The van der Waals surface area contributed by atoms with Crippen LogP contribution in [0, 0.1) is 5.92 Å². The van der Waals surface area contributed by atoms with Gasteiger partial charge in [-0.3, -0.25) is 9.69 Å². The average Bonchev–Trinajstić information content (AvgIpc) is 2.64. The molecule has 0 aromatic heterocycles. The lowest BCUT2D eigenvalue weighted by atomic mass is 9.75. The molecule has 1 fully saturated rings. The number of esters is 1. The summed E-state index contributed by atoms with van der Waals surface area (Å²) < 4.78 is 5.35. The Balaban J connectivity index is 1.83. The number of likely N-dealkylation sites (tertiary alicyclic amines) is 1.